The molecule has 0 saturated carbocycles. The van der Waals surface area contributed by atoms with E-state index in [-0.39, 0.29) is 0 Å². The van der Waals surface area contributed by atoms with Crippen molar-refractivity contribution in [2.45, 2.75) is 32.2 Å². The van der Waals surface area contributed by atoms with Crippen molar-refractivity contribution in [2.75, 3.05) is 19.8 Å². The molecule has 0 amide bonds. The lowest BCUT2D eigenvalue weighted by Crippen LogP contribution is -2.30. The number of thiazole rings is 1. The van der Waals surface area contributed by atoms with Crippen molar-refractivity contribution in [3.63, 3.8) is 0 Å². The van der Waals surface area contributed by atoms with Crippen LogP contribution in [0.3, 0.4) is 0 Å². The first-order valence-electron chi connectivity index (χ1n) is 5.63. The number of aromatic nitrogens is 1. The molecule has 15 heavy (non-hydrogen) atoms. The Bertz CT molecular complexity index is 295. The summed E-state index contributed by atoms with van der Waals surface area (Å²) in [6.07, 6.45) is 5.29. The third-order valence-corrected chi connectivity index (χ3v) is 3.85. The van der Waals surface area contributed by atoms with E-state index in [1.807, 2.05) is 17.5 Å². The van der Waals surface area contributed by atoms with Gasteiger partial charge in [-0.1, -0.05) is 6.92 Å². The second-order valence-corrected chi connectivity index (χ2v) is 5.04. The van der Waals surface area contributed by atoms with Crippen LogP contribution in [0, 0.1) is 0 Å². The highest BCUT2D eigenvalue weighted by Crippen LogP contribution is 2.13. The molecule has 1 aromatic heterocycles. The smallest absolute Gasteiger partial charge is 0.0940 e. The van der Waals surface area contributed by atoms with Gasteiger partial charge in [0.25, 0.3) is 0 Å². The van der Waals surface area contributed by atoms with E-state index in [1.54, 1.807) is 0 Å². The lowest BCUT2D eigenvalue weighted by atomic mass is 10.2. The van der Waals surface area contributed by atoms with Crippen molar-refractivity contribution in [1.82, 2.24) is 10.3 Å². The molecule has 84 valence electrons. The van der Waals surface area contributed by atoms with E-state index in [2.05, 4.69) is 17.2 Å². The van der Waals surface area contributed by atoms with E-state index < -0.39 is 0 Å². The maximum Gasteiger partial charge on any atom is 0.0940 e. The van der Waals surface area contributed by atoms with Crippen LogP contribution >= 0.6 is 11.3 Å². The Morgan fingerprint density at radius 1 is 1.67 bits per heavy atom. The largest absolute Gasteiger partial charge is 0.380 e. The summed E-state index contributed by atoms with van der Waals surface area (Å²) < 4.78 is 5.31. The summed E-state index contributed by atoms with van der Waals surface area (Å²) in [5.41, 5.74) is 0. The fraction of sp³-hybridized carbons (Fsp3) is 0.727. The fourth-order valence-electron chi connectivity index (χ4n) is 1.71. The van der Waals surface area contributed by atoms with Gasteiger partial charge in [-0.05, 0) is 12.8 Å². The second-order valence-electron chi connectivity index (χ2n) is 3.84. The van der Waals surface area contributed by atoms with Crippen LogP contribution in [0.4, 0.5) is 0 Å². The van der Waals surface area contributed by atoms with Crippen molar-refractivity contribution < 1.29 is 4.74 Å². The molecule has 2 rings (SSSR count). The van der Waals surface area contributed by atoms with Crippen LogP contribution in [0.15, 0.2) is 6.20 Å². The maximum atomic E-state index is 5.31. The second kappa shape index (κ2) is 5.58. The van der Waals surface area contributed by atoms with Gasteiger partial charge in [0.2, 0.25) is 0 Å². The average molecular weight is 226 g/mol. The Morgan fingerprint density at radius 3 is 3.27 bits per heavy atom. The van der Waals surface area contributed by atoms with Gasteiger partial charge in [-0.25, -0.2) is 4.98 Å². The Labute approximate surface area is 94.9 Å². The highest BCUT2D eigenvalue weighted by atomic mass is 32.1. The molecule has 1 N–H and O–H groups in total. The third kappa shape index (κ3) is 3.26. The Balaban J connectivity index is 1.68. The number of hydrogen-bond donors (Lipinski definition) is 1. The third-order valence-electron chi connectivity index (χ3n) is 2.65. The van der Waals surface area contributed by atoms with Gasteiger partial charge in [0.15, 0.2) is 0 Å². The van der Waals surface area contributed by atoms with Gasteiger partial charge in [-0.15, -0.1) is 11.3 Å². The number of nitrogens with one attached hydrogen (secondary N) is 1. The first kappa shape index (κ1) is 11.0. The van der Waals surface area contributed by atoms with Crippen LogP contribution in [0.1, 0.15) is 23.2 Å². The van der Waals surface area contributed by atoms with Crippen LogP contribution in [0.5, 0.6) is 0 Å². The molecular weight excluding hydrogens is 208 g/mol. The number of hydrogen-bond acceptors (Lipinski definition) is 4. The van der Waals surface area contributed by atoms with Gasteiger partial charge in [0.1, 0.15) is 0 Å². The molecule has 0 spiro atoms. The average Bonchev–Trinajstić information content (AvgIpc) is 2.88. The normalized spacial score (nSPS) is 21.0. The van der Waals surface area contributed by atoms with E-state index in [4.69, 9.17) is 4.74 Å². The minimum Gasteiger partial charge on any atom is -0.380 e. The van der Waals surface area contributed by atoms with Crippen LogP contribution in [0.2, 0.25) is 0 Å². The van der Waals surface area contributed by atoms with Crippen LogP contribution in [-0.2, 0) is 17.6 Å². The molecule has 0 aromatic carbocycles. The monoisotopic (exact) mass is 226 g/mol. The highest BCUT2D eigenvalue weighted by molar-refractivity contribution is 7.11. The topological polar surface area (TPSA) is 34.2 Å². The van der Waals surface area contributed by atoms with Gasteiger partial charge >= 0.3 is 0 Å². The maximum absolute atomic E-state index is 5.31. The molecule has 1 unspecified atom stereocenters. The highest BCUT2D eigenvalue weighted by Gasteiger charge is 2.14. The summed E-state index contributed by atoms with van der Waals surface area (Å²) >= 11 is 1.83. The zero-order valence-electron chi connectivity index (χ0n) is 9.16. The molecule has 1 atom stereocenters. The minimum atomic E-state index is 0.565. The molecule has 1 fully saturated rings. The lowest BCUT2D eigenvalue weighted by molar-refractivity contribution is 0.190. The standard InChI is InChI=1S/C11H18N2OS/c1-2-10-7-13-11(15-10)3-5-12-9-4-6-14-8-9/h7,9,12H,2-6,8H2,1H3. The van der Waals surface area contributed by atoms with Crippen molar-refractivity contribution >= 4 is 11.3 Å². The molecule has 2 heterocycles. The SMILES string of the molecule is CCc1cnc(CCNC2CCOC2)s1. The van der Waals surface area contributed by atoms with Crippen molar-refractivity contribution in [1.29, 1.82) is 0 Å². The van der Waals surface area contributed by atoms with Crippen molar-refractivity contribution in [3.8, 4) is 0 Å². The van der Waals surface area contributed by atoms with Gasteiger partial charge in [-0.3, -0.25) is 0 Å². The molecule has 1 aliphatic rings. The van der Waals surface area contributed by atoms with Crippen molar-refractivity contribution in [2.24, 2.45) is 0 Å². The number of aryl methyl sites for hydroxylation is 1. The number of nitrogens with zero attached hydrogens (tertiary/aromatic N) is 1. The van der Waals surface area contributed by atoms with E-state index >= 15 is 0 Å². The summed E-state index contributed by atoms with van der Waals surface area (Å²) in [6.45, 7) is 4.98. The molecule has 0 bridgehead atoms. The van der Waals surface area contributed by atoms with Gasteiger partial charge in [-0.2, -0.15) is 0 Å². The van der Waals surface area contributed by atoms with E-state index in [0.717, 1.165) is 39.0 Å². The molecule has 3 nitrogen and oxygen atoms in total. The molecule has 1 saturated heterocycles. The Morgan fingerprint density at radius 2 is 2.60 bits per heavy atom. The van der Waals surface area contributed by atoms with Gasteiger partial charge in [0.05, 0.1) is 11.6 Å². The molecule has 0 radical (unpaired) electrons. The Hall–Kier alpha value is -0.450. The zero-order chi connectivity index (χ0) is 10.5. The molecule has 1 aliphatic heterocycles. The Kier molecular flexibility index (Phi) is 4.11. The minimum absolute atomic E-state index is 0.565. The predicted octanol–water partition coefficient (Wildman–Crippen LogP) is 1.63. The zero-order valence-corrected chi connectivity index (χ0v) is 9.98. The number of rotatable bonds is 5. The summed E-state index contributed by atoms with van der Waals surface area (Å²) in [4.78, 5) is 5.78. The lowest BCUT2D eigenvalue weighted by Gasteiger charge is -2.08. The van der Waals surface area contributed by atoms with Crippen molar-refractivity contribution in [3.05, 3.63) is 16.1 Å². The van der Waals surface area contributed by atoms with Gasteiger partial charge in [0, 0.05) is 36.7 Å². The molecular formula is C11H18N2OS. The fourth-order valence-corrected chi connectivity index (χ4v) is 2.57. The first-order valence-corrected chi connectivity index (χ1v) is 6.45. The summed E-state index contributed by atoms with van der Waals surface area (Å²) in [7, 11) is 0. The molecule has 1 aromatic rings. The molecule has 0 aliphatic carbocycles. The van der Waals surface area contributed by atoms with E-state index in [0.29, 0.717) is 6.04 Å². The van der Waals surface area contributed by atoms with Crippen LogP contribution in [0.25, 0.3) is 0 Å². The number of ether oxygens (including phenoxy) is 1. The van der Waals surface area contributed by atoms with Gasteiger partial charge < -0.3 is 10.1 Å². The van der Waals surface area contributed by atoms with Crippen LogP contribution in [-0.4, -0.2) is 30.8 Å². The molecule has 4 heteroatoms. The van der Waals surface area contributed by atoms with E-state index in [9.17, 15) is 0 Å². The van der Waals surface area contributed by atoms with E-state index in [1.165, 1.54) is 9.88 Å². The first-order chi connectivity index (χ1) is 7.38. The van der Waals surface area contributed by atoms with Crippen LogP contribution < -0.4 is 5.32 Å². The summed E-state index contributed by atoms with van der Waals surface area (Å²) in [5.74, 6) is 0. The quantitative estimate of drug-likeness (QED) is 0.828. The summed E-state index contributed by atoms with van der Waals surface area (Å²) in [6, 6.07) is 0.565. The summed E-state index contributed by atoms with van der Waals surface area (Å²) in [5, 5.41) is 4.75. The predicted molar refractivity (Wildman–Crippen MR) is 62.4 cm³/mol.